The van der Waals surface area contributed by atoms with E-state index in [4.69, 9.17) is 0 Å². The van der Waals surface area contributed by atoms with Gasteiger partial charge in [-0.1, -0.05) is 12.1 Å². The second-order valence-corrected chi connectivity index (χ2v) is 7.35. The fourth-order valence-corrected chi connectivity index (χ4v) is 4.04. The van der Waals surface area contributed by atoms with Gasteiger partial charge in [-0.25, -0.2) is 12.8 Å². The lowest BCUT2D eigenvalue weighted by Crippen LogP contribution is -2.23. The first-order chi connectivity index (χ1) is 11.4. The van der Waals surface area contributed by atoms with Crippen LogP contribution in [0.4, 0.5) is 10.1 Å². The van der Waals surface area contributed by atoms with Crippen molar-refractivity contribution < 1.29 is 17.6 Å². The van der Waals surface area contributed by atoms with Crippen molar-refractivity contribution in [2.24, 2.45) is 0 Å². The summed E-state index contributed by atoms with van der Waals surface area (Å²) >= 11 is 0. The summed E-state index contributed by atoms with van der Waals surface area (Å²) in [7, 11) is -3.94. The molecule has 0 radical (unpaired) electrons. The normalized spacial score (nSPS) is 14.5. The van der Waals surface area contributed by atoms with Crippen molar-refractivity contribution in [3.63, 3.8) is 0 Å². The fourth-order valence-electron chi connectivity index (χ4n) is 2.73. The number of nitrogens with one attached hydrogen (secondary N) is 2. The maximum atomic E-state index is 13.6. The Morgan fingerprint density at radius 2 is 2.00 bits per heavy atom. The second kappa shape index (κ2) is 6.24. The van der Waals surface area contributed by atoms with E-state index in [2.05, 4.69) is 10.0 Å². The van der Waals surface area contributed by atoms with Gasteiger partial charge >= 0.3 is 0 Å². The van der Waals surface area contributed by atoms with Crippen molar-refractivity contribution in [2.75, 3.05) is 11.3 Å². The zero-order valence-electron chi connectivity index (χ0n) is 13.1. The molecule has 2 N–H and O–H groups in total. The van der Waals surface area contributed by atoms with Crippen LogP contribution in [0, 0.1) is 12.7 Å². The van der Waals surface area contributed by atoms with Crippen molar-refractivity contribution in [3.05, 3.63) is 58.9 Å². The van der Waals surface area contributed by atoms with Gasteiger partial charge in [0.05, 0.1) is 4.90 Å². The summed E-state index contributed by atoms with van der Waals surface area (Å²) in [5, 5.41) is 2.77. The lowest BCUT2D eigenvalue weighted by molar-refractivity contribution is 0.0956. The molecule has 126 valence electrons. The molecule has 0 bridgehead atoms. The Labute approximate surface area is 139 Å². The Hall–Kier alpha value is -2.41. The number of benzene rings is 2. The molecule has 0 saturated carbocycles. The standard InChI is InChI=1S/C17H17FN2O3S/c1-11-15(18)5-2-6-16(11)24(22,23)20-13-8-7-12-4-3-9-19-17(21)14(12)10-13/h2,5-8,10,20H,3-4,9H2,1H3,(H,19,21). The minimum atomic E-state index is -3.94. The molecular weight excluding hydrogens is 331 g/mol. The van der Waals surface area contributed by atoms with E-state index in [1.807, 2.05) is 0 Å². The first-order valence-electron chi connectivity index (χ1n) is 7.57. The second-order valence-electron chi connectivity index (χ2n) is 5.70. The molecular formula is C17H17FN2O3S. The largest absolute Gasteiger partial charge is 0.352 e. The van der Waals surface area contributed by atoms with Crippen molar-refractivity contribution >= 4 is 21.6 Å². The van der Waals surface area contributed by atoms with E-state index < -0.39 is 15.8 Å². The molecule has 1 amide bonds. The molecule has 0 atom stereocenters. The average molecular weight is 348 g/mol. The number of anilines is 1. The number of carbonyl (C=O) groups is 1. The minimum Gasteiger partial charge on any atom is -0.352 e. The van der Waals surface area contributed by atoms with E-state index in [-0.39, 0.29) is 22.1 Å². The van der Waals surface area contributed by atoms with E-state index in [9.17, 15) is 17.6 Å². The average Bonchev–Trinajstić information content (AvgIpc) is 2.71. The van der Waals surface area contributed by atoms with E-state index in [1.165, 1.54) is 31.2 Å². The SMILES string of the molecule is Cc1c(F)cccc1S(=O)(=O)Nc1ccc2c(c1)C(=O)NCCC2. The van der Waals surface area contributed by atoms with Gasteiger partial charge in [-0.2, -0.15) is 0 Å². The van der Waals surface area contributed by atoms with Crippen molar-refractivity contribution in [1.29, 1.82) is 0 Å². The number of amides is 1. The zero-order valence-corrected chi connectivity index (χ0v) is 13.9. The molecule has 2 aromatic carbocycles. The van der Waals surface area contributed by atoms with Crippen molar-refractivity contribution in [1.82, 2.24) is 5.32 Å². The number of rotatable bonds is 3. The molecule has 0 aliphatic carbocycles. The van der Waals surface area contributed by atoms with Crippen molar-refractivity contribution in [3.8, 4) is 0 Å². The Balaban J connectivity index is 1.96. The molecule has 2 aromatic rings. The maximum Gasteiger partial charge on any atom is 0.262 e. The molecule has 1 aliphatic heterocycles. The van der Waals surface area contributed by atoms with Gasteiger partial charge in [0.1, 0.15) is 5.82 Å². The summed E-state index contributed by atoms with van der Waals surface area (Å²) in [5.74, 6) is -0.801. The molecule has 1 heterocycles. The zero-order chi connectivity index (χ0) is 17.3. The van der Waals surface area contributed by atoms with Crippen LogP contribution in [0.5, 0.6) is 0 Å². The third kappa shape index (κ3) is 3.12. The molecule has 0 saturated heterocycles. The summed E-state index contributed by atoms with van der Waals surface area (Å²) < 4.78 is 41.1. The van der Waals surface area contributed by atoms with Gasteiger partial charge in [-0.15, -0.1) is 0 Å². The fraction of sp³-hybridized carbons (Fsp3) is 0.235. The Kier molecular flexibility index (Phi) is 4.28. The molecule has 24 heavy (non-hydrogen) atoms. The van der Waals surface area contributed by atoms with Crippen LogP contribution in [-0.2, 0) is 16.4 Å². The van der Waals surface area contributed by atoms with Gasteiger partial charge < -0.3 is 5.32 Å². The van der Waals surface area contributed by atoms with Crippen molar-refractivity contribution in [2.45, 2.75) is 24.7 Å². The number of sulfonamides is 1. The molecule has 0 fully saturated rings. The molecule has 7 heteroatoms. The molecule has 0 spiro atoms. The first-order valence-corrected chi connectivity index (χ1v) is 9.06. The highest BCUT2D eigenvalue weighted by atomic mass is 32.2. The van der Waals surface area contributed by atoms with Crippen LogP contribution in [0.1, 0.15) is 27.9 Å². The number of hydrogen-bond donors (Lipinski definition) is 2. The van der Waals surface area contributed by atoms with E-state index in [1.54, 1.807) is 12.1 Å². The highest BCUT2D eigenvalue weighted by molar-refractivity contribution is 7.92. The summed E-state index contributed by atoms with van der Waals surface area (Å²) in [6, 6.07) is 8.78. The van der Waals surface area contributed by atoms with Crippen LogP contribution >= 0.6 is 0 Å². The van der Waals surface area contributed by atoms with Crippen LogP contribution in [0.15, 0.2) is 41.3 Å². The molecule has 1 aliphatic rings. The number of halogens is 1. The predicted molar refractivity (Wildman–Crippen MR) is 89.0 cm³/mol. The lowest BCUT2D eigenvalue weighted by Gasteiger charge is -2.12. The molecule has 3 rings (SSSR count). The van der Waals surface area contributed by atoms with Crippen LogP contribution in [0.2, 0.25) is 0 Å². The Morgan fingerprint density at radius 3 is 2.79 bits per heavy atom. The number of fused-ring (bicyclic) bond motifs is 1. The number of carbonyl (C=O) groups excluding carboxylic acids is 1. The van der Waals surface area contributed by atoms with Gasteiger partial charge in [-0.05, 0) is 49.6 Å². The quantitative estimate of drug-likeness (QED) is 0.895. The predicted octanol–water partition coefficient (Wildman–Crippen LogP) is 2.61. The topological polar surface area (TPSA) is 75.3 Å². The number of aryl methyl sites for hydroxylation is 1. The third-order valence-corrected chi connectivity index (χ3v) is 5.55. The molecule has 0 unspecified atom stereocenters. The summed E-state index contributed by atoms with van der Waals surface area (Å²) in [5.41, 5.74) is 1.67. The van der Waals surface area contributed by atoms with Gasteiger partial charge in [0.25, 0.3) is 15.9 Å². The Bertz CT molecular complexity index is 910. The van der Waals surface area contributed by atoms with E-state index >= 15 is 0 Å². The number of hydrogen-bond acceptors (Lipinski definition) is 3. The van der Waals surface area contributed by atoms with Gasteiger partial charge in [0, 0.05) is 23.4 Å². The van der Waals surface area contributed by atoms with Crippen LogP contribution in [-0.4, -0.2) is 20.9 Å². The highest BCUT2D eigenvalue weighted by Crippen LogP contribution is 2.24. The summed E-state index contributed by atoms with van der Waals surface area (Å²) in [4.78, 5) is 11.9. The van der Waals surface area contributed by atoms with E-state index in [0.717, 1.165) is 18.4 Å². The minimum absolute atomic E-state index is 0.0532. The monoisotopic (exact) mass is 348 g/mol. The smallest absolute Gasteiger partial charge is 0.262 e. The third-order valence-electron chi connectivity index (χ3n) is 4.02. The highest BCUT2D eigenvalue weighted by Gasteiger charge is 2.21. The maximum absolute atomic E-state index is 13.6. The van der Waals surface area contributed by atoms with Gasteiger partial charge in [0.15, 0.2) is 0 Å². The molecule has 0 aromatic heterocycles. The summed E-state index contributed by atoms with van der Waals surface area (Å²) in [6.07, 6.45) is 1.59. The molecule has 5 nitrogen and oxygen atoms in total. The Morgan fingerprint density at radius 1 is 1.21 bits per heavy atom. The van der Waals surface area contributed by atoms with E-state index in [0.29, 0.717) is 12.1 Å². The lowest BCUT2D eigenvalue weighted by atomic mass is 10.0. The van der Waals surface area contributed by atoms with Crippen LogP contribution in [0.25, 0.3) is 0 Å². The van der Waals surface area contributed by atoms with Crippen LogP contribution < -0.4 is 10.0 Å². The van der Waals surface area contributed by atoms with Crippen LogP contribution in [0.3, 0.4) is 0 Å². The first kappa shape index (κ1) is 16.4. The summed E-state index contributed by atoms with van der Waals surface area (Å²) in [6.45, 7) is 2.01. The van der Waals surface area contributed by atoms with Gasteiger partial charge in [0.2, 0.25) is 0 Å². The van der Waals surface area contributed by atoms with Gasteiger partial charge in [-0.3, -0.25) is 9.52 Å².